The number of alkyl halides is 1. The van der Waals surface area contributed by atoms with Crippen molar-refractivity contribution in [2.45, 2.75) is 5.06 Å². The number of hydrogen-bond acceptors (Lipinski definition) is 1. The maximum absolute atomic E-state index is 5.95. The highest BCUT2D eigenvalue weighted by Crippen LogP contribution is 2.42. The number of benzene rings is 1. The summed E-state index contributed by atoms with van der Waals surface area (Å²) in [6.45, 7) is 0.637. The molecule has 1 fully saturated rings. The average molecular weight is 155 g/mol. The second-order valence-corrected chi connectivity index (χ2v) is 2.99. The highest BCUT2D eigenvalue weighted by atomic mass is 35.5. The first-order valence-corrected chi connectivity index (χ1v) is 3.57. The van der Waals surface area contributed by atoms with E-state index in [1.165, 1.54) is 0 Å². The van der Waals surface area contributed by atoms with Crippen molar-refractivity contribution in [3.05, 3.63) is 35.9 Å². The summed E-state index contributed by atoms with van der Waals surface area (Å²) in [6, 6.07) is 9.83. The van der Waals surface area contributed by atoms with Crippen LogP contribution in [0, 0.1) is 0 Å². The predicted molar refractivity (Wildman–Crippen MR) is 39.9 cm³/mol. The molecule has 0 bridgehead atoms. The first kappa shape index (κ1) is 6.20. The summed E-state index contributed by atoms with van der Waals surface area (Å²) in [7, 11) is 0. The average Bonchev–Trinajstić information content (AvgIpc) is 2.72. The molecule has 1 nitrogen and oxygen atoms in total. The zero-order chi connectivity index (χ0) is 7.03. The van der Waals surface area contributed by atoms with E-state index in [0.717, 1.165) is 5.56 Å². The number of rotatable bonds is 1. The van der Waals surface area contributed by atoms with Crippen molar-refractivity contribution in [1.29, 1.82) is 0 Å². The van der Waals surface area contributed by atoms with Crippen molar-refractivity contribution in [3.8, 4) is 0 Å². The zero-order valence-electron chi connectivity index (χ0n) is 5.38. The molecule has 2 rings (SSSR count). The number of epoxide rings is 1. The molecule has 0 spiro atoms. The van der Waals surface area contributed by atoms with Gasteiger partial charge in [-0.15, -0.1) is 0 Å². The molecule has 10 heavy (non-hydrogen) atoms. The molecule has 1 heterocycles. The van der Waals surface area contributed by atoms with Crippen LogP contribution in [0.5, 0.6) is 0 Å². The predicted octanol–water partition coefficient (Wildman–Crippen LogP) is 2.11. The summed E-state index contributed by atoms with van der Waals surface area (Å²) in [4.78, 5) is 0. The van der Waals surface area contributed by atoms with Gasteiger partial charge in [-0.25, -0.2) is 0 Å². The highest BCUT2D eigenvalue weighted by Gasteiger charge is 2.44. The third-order valence-electron chi connectivity index (χ3n) is 1.60. The van der Waals surface area contributed by atoms with E-state index in [2.05, 4.69) is 0 Å². The zero-order valence-corrected chi connectivity index (χ0v) is 6.14. The van der Waals surface area contributed by atoms with Gasteiger partial charge < -0.3 is 4.74 Å². The minimum absolute atomic E-state index is 0.485. The van der Waals surface area contributed by atoms with E-state index in [0.29, 0.717) is 6.61 Å². The largest absolute Gasteiger partial charge is 0.348 e. The van der Waals surface area contributed by atoms with E-state index in [4.69, 9.17) is 16.3 Å². The number of hydrogen-bond donors (Lipinski definition) is 0. The van der Waals surface area contributed by atoms with Crippen molar-refractivity contribution in [2.75, 3.05) is 6.61 Å². The van der Waals surface area contributed by atoms with Gasteiger partial charge in [0.1, 0.15) is 0 Å². The van der Waals surface area contributed by atoms with Gasteiger partial charge in [0, 0.05) is 5.56 Å². The van der Waals surface area contributed by atoms with Crippen molar-refractivity contribution in [2.24, 2.45) is 0 Å². The van der Waals surface area contributed by atoms with Gasteiger partial charge >= 0.3 is 0 Å². The lowest BCUT2D eigenvalue weighted by Crippen LogP contribution is -1.96. The molecule has 2 heteroatoms. The Morgan fingerprint density at radius 2 is 1.90 bits per heavy atom. The van der Waals surface area contributed by atoms with E-state index in [1.54, 1.807) is 0 Å². The summed E-state index contributed by atoms with van der Waals surface area (Å²) in [5.41, 5.74) is 1.05. The molecule has 0 radical (unpaired) electrons. The molecule has 1 atom stereocenters. The first-order valence-electron chi connectivity index (χ1n) is 3.20. The van der Waals surface area contributed by atoms with Crippen molar-refractivity contribution >= 4 is 11.6 Å². The Bertz CT molecular complexity index is 228. The van der Waals surface area contributed by atoms with Gasteiger partial charge in [0.05, 0.1) is 6.61 Å². The summed E-state index contributed by atoms with van der Waals surface area (Å²) in [5.74, 6) is 0. The standard InChI is InChI=1S/C8H7ClO/c9-8(6-10-8)7-4-2-1-3-5-7/h1-5H,6H2. The van der Waals surface area contributed by atoms with E-state index >= 15 is 0 Å². The lowest BCUT2D eigenvalue weighted by molar-refractivity contribution is 0.386. The molecule has 1 saturated heterocycles. The normalized spacial score (nSPS) is 30.1. The molecule has 52 valence electrons. The van der Waals surface area contributed by atoms with Gasteiger partial charge in [-0.05, 0) is 0 Å². The summed E-state index contributed by atoms with van der Waals surface area (Å²) < 4.78 is 5.05. The Balaban J connectivity index is 2.35. The maximum atomic E-state index is 5.95. The van der Waals surface area contributed by atoms with Crippen LogP contribution < -0.4 is 0 Å². The quantitative estimate of drug-likeness (QED) is 0.446. The second-order valence-electron chi connectivity index (χ2n) is 2.38. The summed E-state index contributed by atoms with van der Waals surface area (Å²) >= 11 is 5.95. The molecule has 0 aromatic heterocycles. The second kappa shape index (κ2) is 1.97. The molecule has 1 aromatic carbocycles. The van der Waals surface area contributed by atoms with Crippen LogP contribution in [0.4, 0.5) is 0 Å². The van der Waals surface area contributed by atoms with Crippen LogP contribution in [-0.4, -0.2) is 6.61 Å². The molecule has 0 saturated carbocycles. The molecule has 1 aromatic rings. The SMILES string of the molecule is ClC1(c2ccccc2)CO1. The van der Waals surface area contributed by atoms with Crippen molar-refractivity contribution in [3.63, 3.8) is 0 Å². The summed E-state index contributed by atoms with van der Waals surface area (Å²) in [6.07, 6.45) is 0. The van der Waals surface area contributed by atoms with Crippen LogP contribution >= 0.6 is 11.6 Å². The Hall–Kier alpha value is -0.530. The number of halogens is 1. The molecule has 0 amide bonds. The van der Waals surface area contributed by atoms with Crippen LogP contribution in [0.15, 0.2) is 30.3 Å². The lowest BCUT2D eigenvalue weighted by Gasteiger charge is -1.99. The summed E-state index contributed by atoms with van der Waals surface area (Å²) in [5, 5.41) is -0.485. The van der Waals surface area contributed by atoms with E-state index in [1.807, 2.05) is 30.3 Å². The van der Waals surface area contributed by atoms with E-state index in [9.17, 15) is 0 Å². The van der Waals surface area contributed by atoms with Crippen LogP contribution in [0.3, 0.4) is 0 Å². The van der Waals surface area contributed by atoms with Gasteiger partial charge in [0.25, 0.3) is 0 Å². The fraction of sp³-hybridized carbons (Fsp3) is 0.250. The highest BCUT2D eigenvalue weighted by molar-refractivity contribution is 6.24. The molecular weight excluding hydrogens is 148 g/mol. The van der Waals surface area contributed by atoms with E-state index in [-0.39, 0.29) is 0 Å². The third kappa shape index (κ3) is 0.917. The molecule has 1 unspecified atom stereocenters. The molecule has 1 aliphatic heterocycles. The minimum atomic E-state index is -0.485. The van der Waals surface area contributed by atoms with Crippen LogP contribution in [0.1, 0.15) is 5.56 Å². The smallest absolute Gasteiger partial charge is 0.190 e. The Morgan fingerprint density at radius 3 is 2.40 bits per heavy atom. The van der Waals surface area contributed by atoms with Gasteiger partial charge in [0.2, 0.25) is 0 Å². The van der Waals surface area contributed by atoms with Crippen molar-refractivity contribution < 1.29 is 4.74 Å². The van der Waals surface area contributed by atoms with Crippen LogP contribution in [-0.2, 0) is 9.80 Å². The third-order valence-corrected chi connectivity index (χ3v) is 2.04. The minimum Gasteiger partial charge on any atom is -0.348 e. The first-order chi connectivity index (χ1) is 4.81. The van der Waals surface area contributed by atoms with Gasteiger partial charge in [-0.2, -0.15) is 0 Å². The van der Waals surface area contributed by atoms with Crippen LogP contribution in [0.25, 0.3) is 0 Å². The van der Waals surface area contributed by atoms with E-state index < -0.39 is 5.06 Å². The molecule has 0 N–H and O–H groups in total. The Morgan fingerprint density at radius 1 is 1.30 bits per heavy atom. The fourth-order valence-corrected chi connectivity index (χ4v) is 1.10. The lowest BCUT2D eigenvalue weighted by atomic mass is 10.2. The fourth-order valence-electron chi connectivity index (χ4n) is 0.917. The Kier molecular flexibility index (Phi) is 1.22. The van der Waals surface area contributed by atoms with Crippen molar-refractivity contribution in [1.82, 2.24) is 0 Å². The molecular formula is C8H7ClO. The Labute approximate surface area is 64.6 Å². The van der Waals surface area contributed by atoms with Gasteiger partial charge in [0.15, 0.2) is 5.06 Å². The molecule has 1 aliphatic rings. The van der Waals surface area contributed by atoms with Crippen LogP contribution in [0.2, 0.25) is 0 Å². The molecule has 0 aliphatic carbocycles. The maximum Gasteiger partial charge on any atom is 0.190 e. The number of ether oxygens (including phenoxy) is 1. The van der Waals surface area contributed by atoms with Gasteiger partial charge in [-0.1, -0.05) is 41.9 Å². The topological polar surface area (TPSA) is 12.5 Å². The van der Waals surface area contributed by atoms with Gasteiger partial charge in [-0.3, -0.25) is 0 Å². The monoisotopic (exact) mass is 154 g/mol.